The number of allylic oxidation sites excluding steroid dienone is 3. The van der Waals surface area contributed by atoms with Gasteiger partial charge in [0.05, 0.1) is 4.92 Å². The Morgan fingerprint density at radius 1 is 1.09 bits per heavy atom. The molecule has 1 aromatic rings. The summed E-state index contributed by atoms with van der Waals surface area (Å²) in [5, 5.41) is 11.7. The highest BCUT2D eigenvalue weighted by Crippen LogP contribution is 2.38. The van der Waals surface area contributed by atoms with Crippen LogP contribution in [0.25, 0.3) is 0 Å². The van der Waals surface area contributed by atoms with Gasteiger partial charge in [0.1, 0.15) is 0 Å². The minimum Gasteiger partial charge on any atom is -0.258 e. The van der Waals surface area contributed by atoms with Crippen molar-refractivity contribution in [3.63, 3.8) is 0 Å². The van der Waals surface area contributed by atoms with E-state index in [-0.39, 0.29) is 4.92 Å². The van der Waals surface area contributed by atoms with E-state index in [0.717, 1.165) is 36.0 Å². The van der Waals surface area contributed by atoms with E-state index in [0.29, 0.717) is 18.0 Å². The van der Waals surface area contributed by atoms with Crippen molar-refractivity contribution < 1.29 is 4.92 Å². The Kier molecular flexibility index (Phi) is 4.71. The van der Waals surface area contributed by atoms with Crippen molar-refractivity contribution in [2.75, 3.05) is 0 Å². The van der Waals surface area contributed by atoms with Crippen LogP contribution in [0.3, 0.4) is 0 Å². The van der Waals surface area contributed by atoms with Crippen LogP contribution in [-0.2, 0) is 6.42 Å². The van der Waals surface area contributed by atoms with Crippen LogP contribution in [0.2, 0.25) is 0 Å². The largest absolute Gasteiger partial charge is 0.272 e. The summed E-state index contributed by atoms with van der Waals surface area (Å²) in [5.74, 6) is 0.407. The highest BCUT2D eigenvalue weighted by atomic mass is 16.6. The third kappa shape index (κ3) is 3.29. The van der Waals surface area contributed by atoms with Crippen LogP contribution in [0.15, 0.2) is 53.3 Å². The first kappa shape index (κ1) is 15.0. The molecule has 1 saturated carbocycles. The molecule has 0 aromatic heterocycles. The van der Waals surface area contributed by atoms with Crippen molar-refractivity contribution in [3.05, 3.63) is 75.3 Å². The molecule has 0 saturated heterocycles. The molecule has 115 valence electrons. The Hall–Kier alpha value is -1.90. The number of hydrogen-bond acceptors (Lipinski definition) is 2. The first-order chi connectivity index (χ1) is 10.8. The molecule has 0 aliphatic heterocycles. The van der Waals surface area contributed by atoms with Crippen LogP contribution < -0.4 is 0 Å². The molecule has 3 heteroatoms. The Labute approximate surface area is 131 Å². The summed E-state index contributed by atoms with van der Waals surface area (Å²) >= 11 is 0. The molecule has 22 heavy (non-hydrogen) atoms. The monoisotopic (exact) mass is 296 g/mol. The summed E-state index contributed by atoms with van der Waals surface area (Å²) < 4.78 is 0. The summed E-state index contributed by atoms with van der Waals surface area (Å²) in [6, 6.07) is 10.0. The van der Waals surface area contributed by atoms with E-state index >= 15 is 0 Å². The van der Waals surface area contributed by atoms with Crippen molar-refractivity contribution in [2.45, 2.75) is 44.9 Å². The molecular weight excluding hydrogens is 274 g/mol. The zero-order chi connectivity index (χ0) is 15.4. The second-order valence-corrected chi connectivity index (χ2v) is 6.26. The molecule has 0 bridgehead atoms. The molecule has 2 aliphatic rings. The molecule has 0 N–H and O–H groups in total. The summed E-state index contributed by atoms with van der Waals surface area (Å²) in [4.78, 5) is 11.6. The fourth-order valence-electron chi connectivity index (χ4n) is 3.71. The minimum absolute atomic E-state index is 0.147. The number of rotatable bonds is 4. The lowest BCUT2D eigenvalue weighted by atomic mass is 9.78. The molecule has 0 amide bonds. The quantitative estimate of drug-likeness (QED) is 0.587. The van der Waals surface area contributed by atoms with Crippen LogP contribution >= 0.6 is 0 Å². The second kappa shape index (κ2) is 6.91. The van der Waals surface area contributed by atoms with E-state index in [1.165, 1.54) is 19.3 Å². The lowest BCUT2D eigenvalue weighted by Gasteiger charge is -2.26. The predicted molar refractivity (Wildman–Crippen MR) is 87.7 cm³/mol. The third-order valence-electron chi connectivity index (χ3n) is 4.78. The summed E-state index contributed by atoms with van der Waals surface area (Å²) in [6.45, 7) is 0. The number of nitro groups is 1. The van der Waals surface area contributed by atoms with Gasteiger partial charge in [0.2, 0.25) is 0 Å². The van der Waals surface area contributed by atoms with E-state index in [2.05, 4.69) is 6.42 Å². The Morgan fingerprint density at radius 3 is 2.50 bits per heavy atom. The van der Waals surface area contributed by atoms with Crippen LogP contribution in [0.5, 0.6) is 0 Å². The van der Waals surface area contributed by atoms with Gasteiger partial charge in [0.15, 0.2) is 0 Å². The van der Waals surface area contributed by atoms with Crippen LogP contribution in [0, 0.1) is 22.5 Å². The van der Waals surface area contributed by atoms with Gasteiger partial charge in [-0.25, -0.2) is 0 Å². The fourth-order valence-corrected chi connectivity index (χ4v) is 3.71. The molecule has 1 radical (unpaired) electrons. The highest BCUT2D eigenvalue weighted by Gasteiger charge is 2.31. The lowest BCUT2D eigenvalue weighted by Crippen LogP contribution is -2.19. The van der Waals surface area contributed by atoms with E-state index in [9.17, 15) is 10.1 Å². The van der Waals surface area contributed by atoms with Gasteiger partial charge in [-0.2, -0.15) is 0 Å². The first-order valence-corrected chi connectivity index (χ1v) is 8.20. The second-order valence-electron chi connectivity index (χ2n) is 6.26. The van der Waals surface area contributed by atoms with Crippen LogP contribution in [0.4, 0.5) is 0 Å². The van der Waals surface area contributed by atoms with Gasteiger partial charge in [0.25, 0.3) is 5.70 Å². The molecule has 3 nitrogen and oxygen atoms in total. The minimum atomic E-state index is -0.147. The zero-order valence-electron chi connectivity index (χ0n) is 12.8. The number of benzene rings is 1. The smallest absolute Gasteiger partial charge is 0.258 e. The fraction of sp³-hybridized carbons (Fsp3) is 0.421. The van der Waals surface area contributed by atoms with Gasteiger partial charge >= 0.3 is 0 Å². The SMILES string of the molecule is O=[N+]([O-])C1=C(C2CCCCC2)C[CH]C=C1Cc1ccccc1. The zero-order valence-corrected chi connectivity index (χ0v) is 12.8. The topological polar surface area (TPSA) is 43.1 Å². The molecule has 0 unspecified atom stereocenters. The lowest BCUT2D eigenvalue weighted by molar-refractivity contribution is -0.423. The van der Waals surface area contributed by atoms with Crippen LogP contribution in [-0.4, -0.2) is 4.92 Å². The van der Waals surface area contributed by atoms with E-state index < -0.39 is 0 Å². The van der Waals surface area contributed by atoms with E-state index in [1.54, 1.807) is 0 Å². The van der Waals surface area contributed by atoms with Gasteiger partial charge in [-0.05, 0) is 37.2 Å². The van der Waals surface area contributed by atoms with Crippen LogP contribution in [0.1, 0.15) is 44.1 Å². The number of nitrogens with zero attached hydrogens (tertiary/aromatic N) is 1. The Bertz CT molecular complexity index is 595. The van der Waals surface area contributed by atoms with Gasteiger partial charge in [-0.15, -0.1) is 0 Å². The average Bonchev–Trinajstić information content (AvgIpc) is 2.56. The Balaban J connectivity index is 1.89. The van der Waals surface area contributed by atoms with Gasteiger partial charge in [-0.1, -0.05) is 55.7 Å². The van der Waals surface area contributed by atoms with Crippen molar-refractivity contribution >= 4 is 0 Å². The normalized spacial score (nSPS) is 19.9. The summed E-state index contributed by atoms with van der Waals surface area (Å²) in [5.41, 5.74) is 3.46. The maximum atomic E-state index is 11.7. The van der Waals surface area contributed by atoms with Gasteiger partial charge in [0, 0.05) is 17.6 Å². The molecule has 0 atom stereocenters. The third-order valence-corrected chi connectivity index (χ3v) is 4.78. The average molecular weight is 296 g/mol. The highest BCUT2D eigenvalue weighted by molar-refractivity contribution is 5.41. The molecule has 3 rings (SSSR count). The first-order valence-electron chi connectivity index (χ1n) is 8.20. The molecule has 1 aromatic carbocycles. The van der Waals surface area contributed by atoms with E-state index in [4.69, 9.17) is 0 Å². The summed E-state index contributed by atoms with van der Waals surface area (Å²) in [6.07, 6.45) is 11.4. The Morgan fingerprint density at radius 2 is 1.82 bits per heavy atom. The summed E-state index contributed by atoms with van der Waals surface area (Å²) in [7, 11) is 0. The molecule has 0 spiro atoms. The molecule has 1 fully saturated rings. The maximum absolute atomic E-state index is 11.7. The van der Waals surface area contributed by atoms with Crippen molar-refractivity contribution in [1.82, 2.24) is 0 Å². The molecule has 0 heterocycles. The van der Waals surface area contributed by atoms with E-state index in [1.807, 2.05) is 36.4 Å². The standard InChI is InChI=1S/C19H22NO2/c21-20(22)19-17(14-15-8-3-1-4-9-15)12-7-13-18(19)16-10-5-2-6-11-16/h1,3-4,7-9,12,16H,2,5-6,10-11,13-14H2. The molecule has 2 aliphatic carbocycles. The van der Waals surface area contributed by atoms with Gasteiger partial charge < -0.3 is 0 Å². The predicted octanol–water partition coefficient (Wildman–Crippen LogP) is 4.87. The van der Waals surface area contributed by atoms with Crippen molar-refractivity contribution in [1.29, 1.82) is 0 Å². The van der Waals surface area contributed by atoms with Crippen molar-refractivity contribution in [2.24, 2.45) is 5.92 Å². The molecular formula is C19H22NO2. The number of hydrogen-bond donors (Lipinski definition) is 0. The van der Waals surface area contributed by atoms with Crippen molar-refractivity contribution in [3.8, 4) is 0 Å². The maximum Gasteiger partial charge on any atom is 0.272 e. The van der Waals surface area contributed by atoms with Gasteiger partial charge in [-0.3, -0.25) is 10.1 Å².